The minimum atomic E-state index is 0.462. The molecule has 1 aliphatic rings. The number of aliphatic imine (C=N–C) groups is 1. The van der Waals surface area contributed by atoms with E-state index in [2.05, 4.69) is 10.6 Å². The summed E-state index contributed by atoms with van der Waals surface area (Å²) in [4.78, 5) is 4.71. The molecule has 0 spiro atoms. The number of methoxy groups -OCH3 is 1. The van der Waals surface area contributed by atoms with Gasteiger partial charge in [0.05, 0.1) is 33.0 Å². The molecule has 168 valence electrons. The fraction of sp³-hybridized carbons (Fsp3) is 0.435. The molecule has 0 radical (unpaired) electrons. The largest absolute Gasteiger partial charge is 0.490 e. The zero-order valence-corrected chi connectivity index (χ0v) is 18.6. The maximum atomic E-state index is 6.28. The van der Waals surface area contributed by atoms with Crippen LogP contribution in [0.2, 0.25) is 5.02 Å². The highest BCUT2D eigenvalue weighted by Crippen LogP contribution is 2.32. The van der Waals surface area contributed by atoms with Crippen molar-refractivity contribution in [3.63, 3.8) is 0 Å². The lowest BCUT2D eigenvalue weighted by molar-refractivity contribution is 0.0699. The number of anilines is 1. The van der Waals surface area contributed by atoms with Gasteiger partial charge in [-0.1, -0.05) is 29.8 Å². The Bertz CT molecular complexity index is 847. The van der Waals surface area contributed by atoms with E-state index in [4.69, 9.17) is 35.5 Å². The Morgan fingerprint density at radius 3 is 2.74 bits per heavy atom. The van der Waals surface area contributed by atoms with Gasteiger partial charge in [0, 0.05) is 43.5 Å². The van der Waals surface area contributed by atoms with Crippen molar-refractivity contribution in [3.05, 3.63) is 53.1 Å². The van der Waals surface area contributed by atoms with E-state index in [9.17, 15) is 0 Å². The summed E-state index contributed by atoms with van der Waals surface area (Å²) in [7, 11) is 1.66. The van der Waals surface area contributed by atoms with Crippen molar-refractivity contribution in [2.45, 2.75) is 19.4 Å². The molecule has 0 aliphatic carbocycles. The van der Waals surface area contributed by atoms with Gasteiger partial charge >= 0.3 is 0 Å². The fourth-order valence-electron chi connectivity index (χ4n) is 2.93. The van der Waals surface area contributed by atoms with E-state index in [1.165, 1.54) is 0 Å². The number of nitrogens with one attached hydrogen (secondary N) is 2. The lowest BCUT2D eigenvalue weighted by Crippen LogP contribution is -2.32. The highest BCUT2D eigenvalue weighted by Gasteiger charge is 2.11. The molecule has 0 bridgehead atoms. The number of guanidine groups is 1. The second-order valence-corrected chi connectivity index (χ2v) is 7.39. The Morgan fingerprint density at radius 2 is 1.90 bits per heavy atom. The van der Waals surface area contributed by atoms with E-state index in [0.717, 1.165) is 35.6 Å². The van der Waals surface area contributed by atoms with E-state index in [0.29, 0.717) is 57.1 Å². The molecule has 2 aromatic carbocycles. The molecule has 0 atom stereocenters. The van der Waals surface area contributed by atoms with Gasteiger partial charge in [0.2, 0.25) is 0 Å². The third-order valence-electron chi connectivity index (χ3n) is 4.57. The van der Waals surface area contributed by atoms with Crippen LogP contribution in [0.1, 0.15) is 18.4 Å². The second kappa shape index (κ2) is 13.0. The number of rotatable bonds is 10. The Labute approximate surface area is 188 Å². The molecule has 0 saturated carbocycles. The van der Waals surface area contributed by atoms with E-state index in [1.807, 2.05) is 42.5 Å². The first-order valence-corrected chi connectivity index (χ1v) is 10.9. The van der Waals surface area contributed by atoms with Gasteiger partial charge in [-0.15, -0.1) is 0 Å². The van der Waals surface area contributed by atoms with E-state index in [-0.39, 0.29) is 0 Å². The van der Waals surface area contributed by atoms with Gasteiger partial charge in [0.25, 0.3) is 0 Å². The van der Waals surface area contributed by atoms with E-state index < -0.39 is 0 Å². The summed E-state index contributed by atoms with van der Waals surface area (Å²) in [5, 5.41) is 7.41. The molecule has 8 heteroatoms. The predicted molar refractivity (Wildman–Crippen MR) is 124 cm³/mol. The van der Waals surface area contributed by atoms with Crippen molar-refractivity contribution in [2.75, 3.05) is 52.0 Å². The number of hydrogen-bond donors (Lipinski definition) is 2. The van der Waals surface area contributed by atoms with Gasteiger partial charge in [0.1, 0.15) is 0 Å². The standard InChI is InChI=1S/C23H30ClN3O4/c1-28-14-15-29-11-4-10-25-23(26-17-18-6-2-3-7-20(18)24)27-19-8-9-21-22(16-19)31-13-5-12-30-21/h2-3,6-9,16H,4-5,10-15,17H2,1H3,(H2,25,26,27). The van der Waals surface area contributed by atoms with E-state index in [1.54, 1.807) is 7.11 Å². The topological polar surface area (TPSA) is 73.3 Å². The zero-order valence-electron chi connectivity index (χ0n) is 17.9. The summed E-state index contributed by atoms with van der Waals surface area (Å²) in [5.74, 6) is 2.16. The molecule has 2 N–H and O–H groups in total. The number of benzene rings is 2. The van der Waals surface area contributed by atoms with Gasteiger partial charge in [-0.2, -0.15) is 0 Å². The monoisotopic (exact) mass is 447 g/mol. The van der Waals surface area contributed by atoms with Crippen LogP contribution in [-0.2, 0) is 16.0 Å². The first-order chi connectivity index (χ1) is 15.3. The van der Waals surface area contributed by atoms with Crippen molar-refractivity contribution in [1.29, 1.82) is 0 Å². The summed E-state index contributed by atoms with van der Waals surface area (Å²) in [6.45, 7) is 4.33. The van der Waals surface area contributed by atoms with Crippen molar-refractivity contribution in [2.24, 2.45) is 4.99 Å². The average Bonchev–Trinajstić information content (AvgIpc) is 3.02. The summed E-state index contributed by atoms with van der Waals surface area (Å²) in [6.07, 6.45) is 1.72. The van der Waals surface area contributed by atoms with Crippen LogP contribution in [0, 0.1) is 0 Å². The van der Waals surface area contributed by atoms with Crippen LogP contribution < -0.4 is 20.1 Å². The van der Waals surface area contributed by atoms with Crippen molar-refractivity contribution < 1.29 is 18.9 Å². The number of fused-ring (bicyclic) bond motifs is 1. The average molecular weight is 448 g/mol. The zero-order chi connectivity index (χ0) is 21.7. The first kappa shape index (κ1) is 23.2. The van der Waals surface area contributed by atoms with Crippen molar-refractivity contribution >= 4 is 23.2 Å². The molecular weight excluding hydrogens is 418 g/mol. The van der Waals surface area contributed by atoms with Gasteiger partial charge in [-0.3, -0.25) is 0 Å². The quantitative estimate of drug-likeness (QED) is 0.324. The minimum absolute atomic E-state index is 0.462. The highest BCUT2D eigenvalue weighted by molar-refractivity contribution is 6.31. The minimum Gasteiger partial charge on any atom is -0.490 e. The van der Waals surface area contributed by atoms with Crippen LogP contribution in [0.25, 0.3) is 0 Å². The molecule has 0 fully saturated rings. The maximum Gasteiger partial charge on any atom is 0.196 e. The molecule has 1 aliphatic heterocycles. The molecule has 31 heavy (non-hydrogen) atoms. The third kappa shape index (κ3) is 7.94. The lowest BCUT2D eigenvalue weighted by atomic mass is 10.2. The van der Waals surface area contributed by atoms with Crippen LogP contribution in [0.5, 0.6) is 11.5 Å². The Balaban J connectivity index is 1.63. The van der Waals surface area contributed by atoms with E-state index >= 15 is 0 Å². The van der Waals surface area contributed by atoms with Gasteiger partial charge in [0.15, 0.2) is 17.5 Å². The molecular formula is C23H30ClN3O4. The fourth-order valence-corrected chi connectivity index (χ4v) is 3.13. The van der Waals surface area contributed by atoms with Gasteiger partial charge < -0.3 is 29.6 Å². The Hall–Kier alpha value is -2.48. The molecule has 3 rings (SSSR count). The predicted octanol–water partition coefficient (Wildman–Crippen LogP) is 4.11. The molecule has 7 nitrogen and oxygen atoms in total. The molecule has 0 aromatic heterocycles. The molecule has 1 heterocycles. The molecule has 0 unspecified atom stereocenters. The van der Waals surface area contributed by atoms with Crippen LogP contribution >= 0.6 is 11.6 Å². The normalized spacial score (nSPS) is 13.5. The smallest absolute Gasteiger partial charge is 0.196 e. The first-order valence-electron chi connectivity index (χ1n) is 10.5. The van der Waals surface area contributed by atoms with Crippen molar-refractivity contribution in [3.8, 4) is 11.5 Å². The summed E-state index contributed by atoms with van der Waals surface area (Å²) >= 11 is 6.28. The second-order valence-electron chi connectivity index (χ2n) is 6.98. The number of halogens is 1. The molecule has 0 saturated heterocycles. The molecule has 0 amide bonds. The summed E-state index contributed by atoms with van der Waals surface area (Å²) in [6, 6.07) is 13.5. The number of nitrogens with zero attached hydrogens (tertiary/aromatic N) is 1. The Kier molecular flexibility index (Phi) is 9.76. The Morgan fingerprint density at radius 1 is 1.06 bits per heavy atom. The summed E-state index contributed by atoms with van der Waals surface area (Å²) in [5.41, 5.74) is 1.83. The van der Waals surface area contributed by atoms with Crippen LogP contribution in [-0.4, -0.2) is 52.6 Å². The van der Waals surface area contributed by atoms with Gasteiger partial charge in [-0.25, -0.2) is 4.99 Å². The number of hydrogen-bond acceptors (Lipinski definition) is 5. The lowest BCUT2D eigenvalue weighted by Gasteiger charge is -2.15. The third-order valence-corrected chi connectivity index (χ3v) is 4.93. The maximum absolute atomic E-state index is 6.28. The summed E-state index contributed by atoms with van der Waals surface area (Å²) < 4.78 is 22.0. The highest BCUT2D eigenvalue weighted by atomic mass is 35.5. The van der Waals surface area contributed by atoms with Crippen molar-refractivity contribution in [1.82, 2.24) is 5.32 Å². The van der Waals surface area contributed by atoms with Gasteiger partial charge in [-0.05, 0) is 30.2 Å². The van der Waals surface area contributed by atoms with Crippen LogP contribution in [0.4, 0.5) is 5.69 Å². The molecule has 2 aromatic rings. The number of ether oxygens (including phenoxy) is 4. The van der Waals surface area contributed by atoms with Crippen LogP contribution in [0.15, 0.2) is 47.5 Å². The SMILES string of the molecule is COCCOCCCNC(=NCc1ccccc1Cl)Nc1ccc2c(c1)OCCCO2. The van der Waals surface area contributed by atoms with Crippen LogP contribution in [0.3, 0.4) is 0 Å².